The van der Waals surface area contributed by atoms with Crippen LogP contribution in [0.3, 0.4) is 0 Å². The molecule has 0 bridgehead atoms. The predicted octanol–water partition coefficient (Wildman–Crippen LogP) is 5.51. The molecule has 3 aromatic rings. The third kappa shape index (κ3) is 3.47. The standard InChI is InChI=1S/C19H16OS/c1-20-17-9-13-19(14-10-17)21-18-11-7-16(8-12-18)15-5-3-2-4-6-15/h2-14H,1H3. The predicted molar refractivity (Wildman–Crippen MR) is 89.0 cm³/mol. The summed E-state index contributed by atoms with van der Waals surface area (Å²) in [5.41, 5.74) is 2.49. The molecular formula is C19H16OS. The van der Waals surface area contributed by atoms with E-state index in [4.69, 9.17) is 4.74 Å². The Morgan fingerprint density at radius 2 is 1.14 bits per heavy atom. The van der Waals surface area contributed by atoms with Crippen LogP contribution in [0.2, 0.25) is 0 Å². The molecule has 2 heteroatoms. The van der Waals surface area contributed by atoms with Gasteiger partial charge in [0, 0.05) is 9.79 Å². The maximum absolute atomic E-state index is 5.17. The van der Waals surface area contributed by atoms with E-state index in [9.17, 15) is 0 Å². The largest absolute Gasteiger partial charge is 0.497 e. The van der Waals surface area contributed by atoms with Crippen LogP contribution in [-0.2, 0) is 0 Å². The lowest BCUT2D eigenvalue weighted by Crippen LogP contribution is -1.81. The monoisotopic (exact) mass is 292 g/mol. The maximum Gasteiger partial charge on any atom is 0.118 e. The number of rotatable bonds is 4. The second kappa shape index (κ2) is 6.51. The van der Waals surface area contributed by atoms with E-state index in [1.54, 1.807) is 18.9 Å². The van der Waals surface area contributed by atoms with Crippen molar-refractivity contribution in [3.05, 3.63) is 78.9 Å². The summed E-state index contributed by atoms with van der Waals surface area (Å²) < 4.78 is 5.17. The summed E-state index contributed by atoms with van der Waals surface area (Å²) in [7, 11) is 1.68. The molecule has 0 saturated carbocycles. The van der Waals surface area contributed by atoms with Crippen molar-refractivity contribution in [1.29, 1.82) is 0 Å². The van der Waals surface area contributed by atoms with Crippen molar-refractivity contribution in [1.82, 2.24) is 0 Å². The molecule has 0 aliphatic heterocycles. The lowest BCUT2D eigenvalue weighted by atomic mass is 10.1. The normalized spacial score (nSPS) is 10.3. The van der Waals surface area contributed by atoms with Crippen LogP contribution in [0, 0.1) is 0 Å². The van der Waals surface area contributed by atoms with Crippen LogP contribution in [0.15, 0.2) is 88.7 Å². The molecule has 0 fully saturated rings. The SMILES string of the molecule is COc1ccc(Sc2ccc(-c3ccccc3)cc2)cc1. The minimum absolute atomic E-state index is 0.888. The molecule has 0 heterocycles. The van der Waals surface area contributed by atoms with Crippen molar-refractivity contribution in [2.75, 3.05) is 7.11 Å². The average Bonchev–Trinajstić information content (AvgIpc) is 2.57. The van der Waals surface area contributed by atoms with Crippen molar-refractivity contribution < 1.29 is 4.74 Å². The number of hydrogen-bond acceptors (Lipinski definition) is 2. The third-order valence-corrected chi connectivity index (χ3v) is 4.27. The Hall–Kier alpha value is -2.19. The van der Waals surface area contributed by atoms with Crippen LogP contribution in [0.25, 0.3) is 11.1 Å². The van der Waals surface area contributed by atoms with Gasteiger partial charge in [-0.3, -0.25) is 0 Å². The van der Waals surface area contributed by atoms with E-state index in [1.165, 1.54) is 20.9 Å². The van der Waals surface area contributed by atoms with Crippen LogP contribution in [0.4, 0.5) is 0 Å². The summed E-state index contributed by atoms with van der Waals surface area (Å²) in [6, 6.07) is 27.2. The van der Waals surface area contributed by atoms with E-state index in [0.29, 0.717) is 0 Å². The molecule has 0 aliphatic rings. The summed E-state index contributed by atoms with van der Waals surface area (Å²) in [6.45, 7) is 0. The number of ether oxygens (including phenoxy) is 1. The molecule has 104 valence electrons. The number of benzene rings is 3. The van der Waals surface area contributed by atoms with Gasteiger partial charge in [-0.2, -0.15) is 0 Å². The molecule has 0 radical (unpaired) electrons. The summed E-state index contributed by atoms with van der Waals surface area (Å²) >= 11 is 1.76. The molecule has 0 unspecified atom stereocenters. The van der Waals surface area contributed by atoms with E-state index in [0.717, 1.165) is 5.75 Å². The Kier molecular flexibility index (Phi) is 4.27. The van der Waals surface area contributed by atoms with E-state index in [-0.39, 0.29) is 0 Å². The Morgan fingerprint density at radius 1 is 0.619 bits per heavy atom. The van der Waals surface area contributed by atoms with Gasteiger partial charge in [0.15, 0.2) is 0 Å². The fourth-order valence-corrected chi connectivity index (χ4v) is 2.94. The van der Waals surface area contributed by atoms with Gasteiger partial charge in [0.1, 0.15) is 5.75 Å². The quantitative estimate of drug-likeness (QED) is 0.626. The van der Waals surface area contributed by atoms with E-state index in [1.807, 2.05) is 18.2 Å². The molecule has 3 aromatic carbocycles. The van der Waals surface area contributed by atoms with Crippen LogP contribution in [0.5, 0.6) is 5.75 Å². The first-order valence-corrected chi connectivity index (χ1v) is 7.64. The number of methoxy groups -OCH3 is 1. The first-order valence-electron chi connectivity index (χ1n) is 6.82. The van der Waals surface area contributed by atoms with Crippen molar-refractivity contribution in [3.8, 4) is 16.9 Å². The van der Waals surface area contributed by atoms with Gasteiger partial charge in [0.2, 0.25) is 0 Å². The van der Waals surface area contributed by atoms with Gasteiger partial charge in [-0.15, -0.1) is 0 Å². The Labute approximate surface area is 129 Å². The van der Waals surface area contributed by atoms with Crippen LogP contribution in [0.1, 0.15) is 0 Å². The Balaban J connectivity index is 1.75. The maximum atomic E-state index is 5.17. The zero-order valence-electron chi connectivity index (χ0n) is 11.8. The second-order valence-electron chi connectivity index (χ2n) is 4.67. The minimum Gasteiger partial charge on any atom is -0.497 e. The van der Waals surface area contributed by atoms with Gasteiger partial charge in [0.05, 0.1) is 7.11 Å². The second-order valence-corrected chi connectivity index (χ2v) is 5.81. The molecule has 0 N–H and O–H groups in total. The highest BCUT2D eigenvalue weighted by molar-refractivity contribution is 7.99. The first kappa shape index (κ1) is 13.8. The Morgan fingerprint density at radius 3 is 1.71 bits per heavy atom. The van der Waals surface area contributed by atoms with Gasteiger partial charge in [-0.05, 0) is 47.5 Å². The molecule has 0 spiro atoms. The lowest BCUT2D eigenvalue weighted by molar-refractivity contribution is 0.414. The molecule has 0 atom stereocenters. The first-order chi connectivity index (χ1) is 10.3. The van der Waals surface area contributed by atoms with E-state index in [2.05, 4.69) is 60.7 Å². The molecule has 0 amide bonds. The third-order valence-electron chi connectivity index (χ3n) is 3.26. The van der Waals surface area contributed by atoms with Crippen LogP contribution < -0.4 is 4.74 Å². The minimum atomic E-state index is 0.888. The van der Waals surface area contributed by atoms with Crippen molar-refractivity contribution in [2.24, 2.45) is 0 Å². The fraction of sp³-hybridized carbons (Fsp3) is 0.0526. The van der Waals surface area contributed by atoms with Gasteiger partial charge < -0.3 is 4.74 Å². The molecular weight excluding hydrogens is 276 g/mol. The van der Waals surface area contributed by atoms with Crippen molar-refractivity contribution >= 4 is 11.8 Å². The van der Waals surface area contributed by atoms with Gasteiger partial charge in [-0.25, -0.2) is 0 Å². The molecule has 0 saturated heterocycles. The number of hydrogen-bond donors (Lipinski definition) is 0. The molecule has 1 nitrogen and oxygen atoms in total. The average molecular weight is 292 g/mol. The van der Waals surface area contributed by atoms with Crippen LogP contribution in [-0.4, -0.2) is 7.11 Å². The smallest absolute Gasteiger partial charge is 0.118 e. The zero-order valence-corrected chi connectivity index (χ0v) is 12.6. The molecule has 0 aromatic heterocycles. The fourth-order valence-electron chi connectivity index (χ4n) is 2.13. The summed E-state index contributed by atoms with van der Waals surface area (Å²) in [6.07, 6.45) is 0. The molecule has 3 rings (SSSR count). The van der Waals surface area contributed by atoms with Crippen LogP contribution >= 0.6 is 11.8 Å². The summed E-state index contributed by atoms with van der Waals surface area (Å²) in [4.78, 5) is 2.45. The topological polar surface area (TPSA) is 9.23 Å². The van der Waals surface area contributed by atoms with Gasteiger partial charge in [-0.1, -0.05) is 54.2 Å². The van der Waals surface area contributed by atoms with E-state index < -0.39 is 0 Å². The van der Waals surface area contributed by atoms with Crippen molar-refractivity contribution in [3.63, 3.8) is 0 Å². The van der Waals surface area contributed by atoms with Gasteiger partial charge >= 0.3 is 0 Å². The highest BCUT2D eigenvalue weighted by Crippen LogP contribution is 2.30. The summed E-state index contributed by atoms with van der Waals surface area (Å²) in [5, 5.41) is 0. The summed E-state index contributed by atoms with van der Waals surface area (Å²) in [5.74, 6) is 0.888. The highest BCUT2D eigenvalue weighted by Gasteiger charge is 2.00. The zero-order chi connectivity index (χ0) is 14.5. The molecule has 0 aliphatic carbocycles. The van der Waals surface area contributed by atoms with E-state index >= 15 is 0 Å². The van der Waals surface area contributed by atoms with Crippen molar-refractivity contribution in [2.45, 2.75) is 9.79 Å². The van der Waals surface area contributed by atoms with Gasteiger partial charge in [0.25, 0.3) is 0 Å². The highest BCUT2D eigenvalue weighted by atomic mass is 32.2. The lowest BCUT2D eigenvalue weighted by Gasteiger charge is -2.05. The Bertz CT molecular complexity index is 688. The molecule has 21 heavy (non-hydrogen) atoms.